The number of nitrogens with zero attached hydrogens (tertiary/aromatic N) is 3. The van der Waals surface area contributed by atoms with Crippen LogP contribution in [0.1, 0.15) is 49.0 Å². The Bertz CT molecular complexity index is 1550. The maximum atomic E-state index is 15.4. The van der Waals surface area contributed by atoms with Crippen molar-refractivity contribution in [3.8, 4) is 17.2 Å². The van der Waals surface area contributed by atoms with Gasteiger partial charge in [-0.15, -0.1) is 0 Å². The summed E-state index contributed by atoms with van der Waals surface area (Å²) in [4.78, 5) is 3.09. The summed E-state index contributed by atoms with van der Waals surface area (Å²) in [6.07, 6.45) is -5.50. The van der Waals surface area contributed by atoms with E-state index in [1.54, 1.807) is 0 Å². The SMILES string of the molecule is N#CC1CC(n2cc([C@H](NS(=O)(=O)C3CC3)C(F)F)c3cc(F)c(-c4cc(F)cnc4C(F)(F)F)cc32)C1. The fourth-order valence-electron chi connectivity index (χ4n) is 4.74. The van der Waals surface area contributed by atoms with Gasteiger partial charge in [-0.3, -0.25) is 0 Å². The third-order valence-electron chi connectivity index (χ3n) is 6.90. The van der Waals surface area contributed by atoms with Gasteiger partial charge in [0.25, 0.3) is 6.43 Å². The van der Waals surface area contributed by atoms with Gasteiger partial charge < -0.3 is 4.57 Å². The number of fused-ring (bicyclic) bond motifs is 1. The van der Waals surface area contributed by atoms with Crippen molar-refractivity contribution in [3.05, 3.63) is 53.5 Å². The summed E-state index contributed by atoms with van der Waals surface area (Å²) in [5, 5.41) is 8.18. The standard InChI is InChI=1S/C24H19F7N4O2S/c25-12-5-17(22(33-9-12)24(29,30)31)15-7-20-16(6-19(15)26)18(10-35(20)13-3-11(4-13)8-32)21(23(27)28)34-38(36,37)14-1-2-14/h5-7,9-11,13-14,21,23,34H,1-4H2/t11?,13?,21-/m0/s1. The molecule has 5 rings (SSSR count). The molecular weight excluding hydrogens is 541 g/mol. The van der Waals surface area contributed by atoms with Crippen LogP contribution in [0.4, 0.5) is 30.7 Å². The van der Waals surface area contributed by atoms with Crippen molar-refractivity contribution in [3.63, 3.8) is 0 Å². The number of hydrogen-bond donors (Lipinski definition) is 1. The first-order valence-corrected chi connectivity index (χ1v) is 13.1. The molecule has 2 aliphatic carbocycles. The number of nitriles is 1. The molecule has 1 atom stereocenters. The lowest BCUT2D eigenvalue weighted by atomic mass is 9.81. The van der Waals surface area contributed by atoms with Crippen molar-refractivity contribution in [1.82, 2.24) is 14.3 Å². The van der Waals surface area contributed by atoms with E-state index in [-0.39, 0.29) is 22.4 Å². The summed E-state index contributed by atoms with van der Waals surface area (Å²) in [5.41, 5.74) is -3.31. The quantitative estimate of drug-likeness (QED) is 0.367. The topological polar surface area (TPSA) is 87.8 Å². The molecule has 0 unspecified atom stereocenters. The first-order chi connectivity index (χ1) is 17.8. The lowest BCUT2D eigenvalue weighted by Crippen LogP contribution is -2.35. The van der Waals surface area contributed by atoms with E-state index in [9.17, 15) is 34.8 Å². The second-order valence-corrected chi connectivity index (χ2v) is 11.5. The number of pyridine rings is 1. The van der Waals surface area contributed by atoms with Gasteiger partial charge in [-0.25, -0.2) is 35.7 Å². The number of benzene rings is 1. The van der Waals surface area contributed by atoms with Crippen molar-refractivity contribution < 1.29 is 39.2 Å². The number of sulfonamides is 1. The van der Waals surface area contributed by atoms with Gasteiger partial charge in [0.2, 0.25) is 10.0 Å². The summed E-state index contributed by atoms with van der Waals surface area (Å²) in [7, 11) is -4.10. The van der Waals surface area contributed by atoms with Crippen molar-refractivity contribution in [2.75, 3.05) is 0 Å². The number of rotatable bonds is 7. The van der Waals surface area contributed by atoms with Gasteiger partial charge >= 0.3 is 6.18 Å². The molecule has 0 saturated heterocycles. The molecule has 38 heavy (non-hydrogen) atoms. The van der Waals surface area contributed by atoms with E-state index >= 15 is 4.39 Å². The van der Waals surface area contributed by atoms with Gasteiger partial charge in [0, 0.05) is 39.8 Å². The molecule has 0 bridgehead atoms. The van der Waals surface area contributed by atoms with Gasteiger partial charge in [0.05, 0.1) is 23.4 Å². The fourth-order valence-corrected chi connectivity index (χ4v) is 6.28. The van der Waals surface area contributed by atoms with Crippen molar-refractivity contribution >= 4 is 20.9 Å². The molecule has 2 fully saturated rings. The molecule has 2 aliphatic rings. The second-order valence-electron chi connectivity index (χ2n) is 9.51. The second kappa shape index (κ2) is 9.23. The van der Waals surface area contributed by atoms with Crippen LogP contribution >= 0.6 is 0 Å². The highest BCUT2D eigenvalue weighted by Crippen LogP contribution is 2.44. The molecule has 2 heterocycles. The van der Waals surface area contributed by atoms with Crippen LogP contribution in [-0.4, -0.2) is 29.6 Å². The van der Waals surface area contributed by atoms with Crippen LogP contribution in [0.3, 0.4) is 0 Å². The lowest BCUT2D eigenvalue weighted by Gasteiger charge is -2.32. The zero-order valence-corrected chi connectivity index (χ0v) is 20.1. The van der Waals surface area contributed by atoms with Crippen molar-refractivity contribution in [2.45, 2.75) is 55.6 Å². The zero-order chi connectivity index (χ0) is 27.6. The number of nitrogens with one attached hydrogen (secondary N) is 1. The maximum absolute atomic E-state index is 15.4. The third-order valence-corrected chi connectivity index (χ3v) is 8.83. The van der Waals surface area contributed by atoms with Crippen LogP contribution in [0.25, 0.3) is 22.0 Å². The zero-order valence-electron chi connectivity index (χ0n) is 19.3. The average molecular weight is 560 g/mol. The summed E-state index contributed by atoms with van der Waals surface area (Å²) in [5.74, 6) is -2.76. The van der Waals surface area contributed by atoms with Gasteiger partial charge in [-0.1, -0.05) is 0 Å². The Labute approximate surface area is 212 Å². The molecule has 14 heteroatoms. The predicted molar refractivity (Wildman–Crippen MR) is 121 cm³/mol. The van der Waals surface area contributed by atoms with Crippen LogP contribution in [0.15, 0.2) is 30.6 Å². The summed E-state index contributed by atoms with van der Waals surface area (Å²) >= 11 is 0. The maximum Gasteiger partial charge on any atom is 0.433 e. The Hall–Kier alpha value is -3.18. The molecule has 1 N–H and O–H groups in total. The monoisotopic (exact) mass is 560 g/mol. The van der Waals surface area contributed by atoms with Crippen molar-refractivity contribution in [1.29, 1.82) is 5.26 Å². The minimum atomic E-state index is -5.05. The van der Waals surface area contributed by atoms with Crippen LogP contribution < -0.4 is 4.72 Å². The third kappa shape index (κ3) is 4.73. The molecule has 202 valence electrons. The smallest absolute Gasteiger partial charge is 0.344 e. The highest BCUT2D eigenvalue weighted by molar-refractivity contribution is 7.90. The number of halogens is 7. The van der Waals surface area contributed by atoms with E-state index in [1.807, 2.05) is 4.72 Å². The van der Waals surface area contributed by atoms with E-state index in [0.29, 0.717) is 37.9 Å². The van der Waals surface area contributed by atoms with Crippen molar-refractivity contribution in [2.24, 2.45) is 5.92 Å². The minimum Gasteiger partial charge on any atom is -0.344 e. The Kier molecular flexibility index (Phi) is 6.42. The Morgan fingerprint density at radius 1 is 1.11 bits per heavy atom. The van der Waals surface area contributed by atoms with Gasteiger partial charge in [-0.05, 0) is 43.9 Å². The van der Waals surface area contributed by atoms with E-state index in [2.05, 4.69) is 11.1 Å². The Morgan fingerprint density at radius 2 is 1.79 bits per heavy atom. The van der Waals surface area contributed by atoms with Gasteiger partial charge in [0.1, 0.15) is 17.7 Å². The highest BCUT2D eigenvalue weighted by Gasteiger charge is 2.41. The first-order valence-electron chi connectivity index (χ1n) is 11.6. The molecular formula is C24H19F7N4O2S. The van der Waals surface area contributed by atoms with E-state index < -0.39 is 68.4 Å². The summed E-state index contributed by atoms with van der Waals surface area (Å²) in [6.45, 7) is 0. The summed E-state index contributed by atoms with van der Waals surface area (Å²) < 4.78 is 127. The molecule has 3 aromatic rings. The number of aromatic nitrogens is 2. The van der Waals surface area contributed by atoms with E-state index in [4.69, 9.17) is 5.26 Å². The molecule has 1 aromatic carbocycles. The average Bonchev–Trinajstić information content (AvgIpc) is 3.60. The van der Waals surface area contributed by atoms with E-state index in [1.165, 1.54) is 10.8 Å². The van der Waals surface area contributed by atoms with Crippen LogP contribution in [-0.2, 0) is 16.2 Å². The molecule has 0 spiro atoms. The molecule has 0 aliphatic heterocycles. The predicted octanol–water partition coefficient (Wildman–Crippen LogP) is 5.86. The van der Waals surface area contributed by atoms with Gasteiger partial charge in [0.15, 0.2) is 5.69 Å². The molecule has 0 amide bonds. The number of hydrogen-bond acceptors (Lipinski definition) is 4. The normalized spacial score (nSPS) is 20.9. The Morgan fingerprint density at radius 3 is 2.37 bits per heavy atom. The fraction of sp³-hybridized carbons (Fsp3) is 0.417. The van der Waals surface area contributed by atoms with Gasteiger partial charge in [-0.2, -0.15) is 18.4 Å². The highest BCUT2D eigenvalue weighted by atomic mass is 32.2. The molecule has 2 aromatic heterocycles. The first kappa shape index (κ1) is 26.4. The minimum absolute atomic E-state index is 0.0337. The Balaban J connectivity index is 1.71. The van der Waals surface area contributed by atoms with Crippen LogP contribution in [0.5, 0.6) is 0 Å². The van der Waals surface area contributed by atoms with Crippen LogP contribution in [0, 0.1) is 28.9 Å². The lowest BCUT2D eigenvalue weighted by molar-refractivity contribution is -0.140. The summed E-state index contributed by atoms with van der Waals surface area (Å²) in [6, 6.07) is 1.78. The molecule has 2 saturated carbocycles. The largest absolute Gasteiger partial charge is 0.433 e. The molecule has 6 nitrogen and oxygen atoms in total. The van der Waals surface area contributed by atoms with E-state index in [0.717, 1.165) is 12.1 Å². The number of alkyl halides is 5. The molecule has 0 radical (unpaired) electrons. The van der Waals surface area contributed by atoms with Crippen LogP contribution in [0.2, 0.25) is 0 Å².